The quantitative estimate of drug-likeness (QED) is 0.436. The van der Waals surface area contributed by atoms with Crippen LogP contribution in [-0.2, 0) is 25.5 Å². The molecule has 2 aliphatic heterocycles. The Kier molecular flexibility index (Phi) is 6.79. The number of hydrogen-bond acceptors (Lipinski definition) is 8. The number of rotatable bonds is 9. The molecule has 0 bridgehead atoms. The van der Waals surface area contributed by atoms with Crippen molar-refractivity contribution < 1.29 is 32.5 Å². The average molecular weight is 497 g/mol. The number of ether oxygens (including phenoxy) is 5. The molecule has 0 unspecified atom stereocenters. The van der Waals surface area contributed by atoms with Crippen LogP contribution in [0.25, 0.3) is 11.2 Å². The normalized spacial score (nSPS) is 24.0. The number of imidazole rings is 1. The van der Waals surface area contributed by atoms with E-state index in [1.807, 2.05) is 0 Å². The highest BCUT2D eigenvalue weighted by molar-refractivity contribution is 6.33. The molecule has 2 N–H and O–H groups in total. The Morgan fingerprint density at radius 2 is 1.85 bits per heavy atom. The summed E-state index contributed by atoms with van der Waals surface area (Å²) in [5, 5.41) is 3.12. The predicted octanol–water partition coefficient (Wildman–Crippen LogP) is 3.08. The molecule has 182 valence electrons. The number of fused-ring (bicyclic) bond motifs is 2. The summed E-state index contributed by atoms with van der Waals surface area (Å²) < 4.78 is 56.3. The molecule has 1 aromatic carbocycles. The smallest absolute Gasteiger partial charge is 0.296 e. The second-order valence-electron chi connectivity index (χ2n) is 7.94. The van der Waals surface area contributed by atoms with Gasteiger partial charge in [0.25, 0.3) is 6.01 Å². The fourth-order valence-corrected chi connectivity index (χ4v) is 4.27. The van der Waals surface area contributed by atoms with Crippen molar-refractivity contribution in [2.45, 2.75) is 31.0 Å². The van der Waals surface area contributed by atoms with E-state index in [1.54, 1.807) is 13.2 Å². The maximum absolute atomic E-state index is 13.9. The van der Waals surface area contributed by atoms with Crippen molar-refractivity contribution in [3.63, 3.8) is 0 Å². The zero-order valence-electron chi connectivity index (χ0n) is 18.2. The summed E-state index contributed by atoms with van der Waals surface area (Å²) in [6, 6.07) is 5.53. The maximum Gasteiger partial charge on any atom is 0.296 e. The van der Waals surface area contributed by atoms with E-state index in [9.17, 15) is 8.78 Å². The van der Waals surface area contributed by atoms with Crippen molar-refractivity contribution in [3.8, 4) is 6.01 Å². The first-order chi connectivity index (χ1) is 16.5. The minimum absolute atomic E-state index is 0.108. The number of nitrogens with zero attached hydrogens (tertiary/aromatic N) is 2. The number of aromatic nitrogens is 3. The van der Waals surface area contributed by atoms with Gasteiger partial charge in [0, 0.05) is 19.2 Å². The third-order valence-corrected chi connectivity index (χ3v) is 6.03. The Morgan fingerprint density at radius 1 is 1.12 bits per heavy atom. The van der Waals surface area contributed by atoms with Gasteiger partial charge in [-0.2, -0.15) is 4.98 Å². The number of benzene rings is 1. The summed E-state index contributed by atoms with van der Waals surface area (Å²) in [6.45, 7) is 1.56. The van der Waals surface area contributed by atoms with Crippen LogP contribution in [0.2, 0.25) is 5.02 Å². The molecule has 4 atom stereocenters. The zero-order chi connectivity index (χ0) is 23.7. The van der Waals surface area contributed by atoms with E-state index < -0.39 is 11.6 Å². The van der Waals surface area contributed by atoms with Gasteiger partial charge in [-0.25, -0.2) is 13.8 Å². The van der Waals surface area contributed by atoms with Gasteiger partial charge in [-0.3, -0.25) is 0 Å². The molecule has 2 fully saturated rings. The van der Waals surface area contributed by atoms with Crippen LogP contribution in [0.3, 0.4) is 0 Å². The van der Waals surface area contributed by atoms with E-state index in [2.05, 4.69) is 20.3 Å². The number of nitrogens with one attached hydrogen (secondary N) is 2. The van der Waals surface area contributed by atoms with Crippen molar-refractivity contribution >= 4 is 28.6 Å². The standard InChI is InChI=1S/C22H23ClF2N4O5/c1-30-5-6-31-16-9-32-19-17(10-33-18(16)19)34-22-27-15-7-12(23)20(28-21(15)29-22)26-8-11-13(24)3-2-4-14(11)25/h2-4,7,16-19H,5-6,8-10H2,1H3,(H2,26,27,28,29)/t16-,17-,18-,19-/m1/s1. The first-order valence-electron chi connectivity index (χ1n) is 10.8. The van der Waals surface area contributed by atoms with Crippen molar-refractivity contribution in [3.05, 3.63) is 46.5 Å². The lowest BCUT2D eigenvalue weighted by Crippen LogP contribution is -2.36. The number of hydrogen-bond donors (Lipinski definition) is 2. The van der Waals surface area contributed by atoms with Crippen molar-refractivity contribution in [2.75, 3.05) is 38.9 Å². The first kappa shape index (κ1) is 23.2. The minimum Gasteiger partial charge on any atom is -0.456 e. The largest absolute Gasteiger partial charge is 0.456 e. The number of methoxy groups -OCH3 is 1. The molecule has 0 amide bonds. The van der Waals surface area contributed by atoms with Crippen LogP contribution in [0.5, 0.6) is 6.01 Å². The predicted molar refractivity (Wildman–Crippen MR) is 118 cm³/mol. The van der Waals surface area contributed by atoms with Crippen LogP contribution in [0.1, 0.15) is 5.56 Å². The van der Waals surface area contributed by atoms with Gasteiger partial charge in [0.1, 0.15) is 35.8 Å². The number of pyridine rings is 1. The van der Waals surface area contributed by atoms with Crippen molar-refractivity contribution in [1.82, 2.24) is 15.0 Å². The van der Waals surface area contributed by atoms with Crippen LogP contribution in [0.4, 0.5) is 14.6 Å². The summed E-state index contributed by atoms with van der Waals surface area (Å²) in [7, 11) is 1.62. The third kappa shape index (κ3) is 4.66. The van der Waals surface area contributed by atoms with E-state index in [0.717, 1.165) is 0 Å². The summed E-state index contributed by atoms with van der Waals surface area (Å²) in [5.74, 6) is -1.07. The Balaban J connectivity index is 1.25. The van der Waals surface area contributed by atoms with E-state index >= 15 is 0 Å². The van der Waals surface area contributed by atoms with Crippen LogP contribution in [0, 0.1) is 11.6 Å². The van der Waals surface area contributed by atoms with E-state index in [4.69, 9.17) is 35.3 Å². The van der Waals surface area contributed by atoms with Crippen molar-refractivity contribution in [1.29, 1.82) is 0 Å². The molecule has 2 aromatic heterocycles. The molecule has 2 aliphatic rings. The Labute approximate surface area is 198 Å². The second kappa shape index (κ2) is 9.96. The lowest BCUT2D eigenvalue weighted by Gasteiger charge is -2.16. The number of anilines is 1. The summed E-state index contributed by atoms with van der Waals surface area (Å²) in [5.41, 5.74) is 0.772. The maximum atomic E-state index is 13.9. The lowest BCUT2D eigenvalue weighted by molar-refractivity contribution is -0.0483. The monoisotopic (exact) mass is 496 g/mol. The number of H-pyrrole nitrogens is 1. The molecule has 5 rings (SSSR count). The van der Waals surface area contributed by atoms with Crippen molar-refractivity contribution in [2.24, 2.45) is 0 Å². The molecule has 12 heteroatoms. The fraction of sp³-hybridized carbons (Fsp3) is 0.455. The van der Waals surface area contributed by atoms with Crippen LogP contribution >= 0.6 is 11.6 Å². The lowest BCUT2D eigenvalue weighted by atomic mass is 10.1. The second-order valence-corrected chi connectivity index (χ2v) is 8.35. The third-order valence-electron chi connectivity index (χ3n) is 5.74. The minimum atomic E-state index is -0.655. The summed E-state index contributed by atoms with van der Waals surface area (Å²) in [6.07, 6.45) is -1.07. The average Bonchev–Trinajstić information content (AvgIpc) is 3.50. The topological polar surface area (TPSA) is 99.8 Å². The highest BCUT2D eigenvalue weighted by Crippen LogP contribution is 2.32. The van der Waals surface area contributed by atoms with E-state index in [-0.39, 0.29) is 53.4 Å². The number of halogens is 3. The van der Waals surface area contributed by atoms with Gasteiger partial charge in [0.2, 0.25) is 0 Å². The van der Waals surface area contributed by atoms with Gasteiger partial charge < -0.3 is 34.0 Å². The molecule has 34 heavy (non-hydrogen) atoms. The molecule has 3 aromatic rings. The fourth-order valence-electron chi connectivity index (χ4n) is 4.05. The molecule has 0 spiro atoms. The zero-order valence-corrected chi connectivity index (χ0v) is 19.0. The van der Waals surface area contributed by atoms with Crippen LogP contribution in [-0.4, -0.2) is 72.9 Å². The highest BCUT2D eigenvalue weighted by atomic mass is 35.5. The van der Waals surface area contributed by atoms with Gasteiger partial charge in [-0.15, -0.1) is 0 Å². The molecular weight excluding hydrogens is 474 g/mol. The van der Waals surface area contributed by atoms with Crippen LogP contribution in [0.15, 0.2) is 24.3 Å². The van der Waals surface area contributed by atoms with Gasteiger partial charge >= 0.3 is 0 Å². The Hall–Kier alpha value is -2.57. The molecule has 9 nitrogen and oxygen atoms in total. The first-order valence-corrected chi connectivity index (χ1v) is 11.1. The molecule has 0 aliphatic carbocycles. The highest BCUT2D eigenvalue weighted by Gasteiger charge is 2.49. The molecule has 4 heterocycles. The van der Waals surface area contributed by atoms with Gasteiger partial charge in [-0.05, 0) is 18.2 Å². The molecular formula is C22H23ClF2N4O5. The molecule has 2 saturated heterocycles. The number of aromatic amines is 1. The van der Waals surface area contributed by atoms with Crippen LogP contribution < -0.4 is 10.1 Å². The Morgan fingerprint density at radius 3 is 2.62 bits per heavy atom. The molecule has 0 saturated carbocycles. The molecule has 0 radical (unpaired) electrons. The Bertz CT molecular complexity index is 1150. The summed E-state index contributed by atoms with van der Waals surface area (Å²) in [4.78, 5) is 11.8. The van der Waals surface area contributed by atoms with Gasteiger partial charge in [0.15, 0.2) is 11.8 Å². The van der Waals surface area contributed by atoms with E-state index in [1.165, 1.54) is 18.2 Å². The SMILES string of the molecule is COCCO[C@@H]1CO[C@H]2[C@@H]1OC[C@H]2Oc1nc2nc(NCc3c(F)cccc3F)c(Cl)cc2[nH]1. The van der Waals surface area contributed by atoms with Gasteiger partial charge in [0.05, 0.1) is 37.0 Å². The van der Waals surface area contributed by atoms with Gasteiger partial charge in [-0.1, -0.05) is 17.7 Å². The van der Waals surface area contributed by atoms with E-state index in [0.29, 0.717) is 37.6 Å². The summed E-state index contributed by atoms with van der Waals surface area (Å²) >= 11 is 6.31.